The van der Waals surface area contributed by atoms with E-state index in [2.05, 4.69) is 15.4 Å². The highest BCUT2D eigenvalue weighted by molar-refractivity contribution is 6.30. The number of methoxy groups -OCH3 is 1. The molecule has 0 spiro atoms. The van der Waals surface area contributed by atoms with E-state index < -0.39 is 5.97 Å². The molecule has 0 atom stereocenters. The van der Waals surface area contributed by atoms with Crippen LogP contribution in [0, 0.1) is 0 Å². The van der Waals surface area contributed by atoms with Crippen LogP contribution in [0.2, 0.25) is 5.02 Å². The van der Waals surface area contributed by atoms with Crippen LogP contribution in [-0.2, 0) is 16.1 Å². The summed E-state index contributed by atoms with van der Waals surface area (Å²) in [5.41, 5.74) is 2.15. The molecule has 0 unspecified atom stereocenters. The van der Waals surface area contributed by atoms with Gasteiger partial charge in [-0.3, -0.25) is 4.79 Å². The molecule has 2 aromatic carbocycles. The van der Waals surface area contributed by atoms with Gasteiger partial charge in [-0.25, -0.2) is 4.79 Å². The summed E-state index contributed by atoms with van der Waals surface area (Å²) in [6.07, 6.45) is 0. The molecule has 23 heavy (non-hydrogen) atoms. The van der Waals surface area contributed by atoms with Gasteiger partial charge in [0.05, 0.1) is 19.2 Å². The van der Waals surface area contributed by atoms with Crippen LogP contribution in [0.15, 0.2) is 48.5 Å². The Hall–Kier alpha value is -2.53. The minimum absolute atomic E-state index is 0.137. The largest absolute Gasteiger partial charge is 0.465 e. The van der Waals surface area contributed by atoms with Gasteiger partial charge in [-0.15, -0.1) is 0 Å². The van der Waals surface area contributed by atoms with Crippen molar-refractivity contribution >= 4 is 29.2 Å². The van der Waals surface area contributed by atoms with Crippen molar-refractivity contribution < 1.29 is 14.3 Å². The first-order valence-corrected chi connectivity index (χ1v) is 7.39. The van der Waals surface area contributed by atoms with E-state index in [9.17, 15) is 9.59 Å². The third kappa shape index (κ3) is 5.30. The molecule has 0 aliphatic rings. The fraction of sp³-hybridized carbons (Fsp3) is 0.176. The van der Waals surface area contributed by atoms with Crippen LogP contribution in [0.1, 0.15) is 15.9 Å². The molecular formula is C17H17ClN2O3. The van der Waals surface area contributed by atoms with Crippen LogP contribution in [0.25, 0.3) is 0 Å². The number of hydrogen-bond donors (Lipinski definition) is 2. The van der Waals surface area contributed by atoms with Crippen molar-refractivity contribution in [2.75, 3.05) is 19.0 Å². The van der Waals surface area contributed by atoms with E-state index in [0.29, 0.717) is 17.1 Å². The molecular weight excluding hydrogens is 316 g/mol. The van der Waals surface area contributed by atoms with Gasteiger partial charge < -0.3 is 15.4 Å². The summed E-state index contributed by atoms with van der Waals surface area (Å²) in [7, 11) is 1.33. The normalized spacial score (nSPS) is 10.0. The van der Waals surface area contributed by atoms with E-state index in [0.717, 1.165) is 11.3 Å². The lowest BCUT2D eigenvalue weighted by atomic mass is 10.2. The maximum absolute atomic E-state index is 11.8. The molecule has 0 saturated carbocycles. The van der Waals surface area contributed by atoms with Gasteiger partial charge in [0.2, 0.25) is 5.91 Å². The predicted molar refractivity (Wildman–Crippen MR) is 89.6 cm³/mol. The third-order valence-corrected chi connectivity index (χ3v) is 3.37. The maximum atomic E-state index is 11.8. The molecule has 0 fully saturated rings. The zero-order valence-corrected chi connectivity index (χ0v) is 13.4. The predicted octanol–water partition coefficient (Wildman–Crippen LogP) is 2.85. The smallest absolute Gasteiger partial charge is 0.337 e. The molecule has 0 aliphatic heterocycles. The zero-order valence-electron chi connectivity index (χ0n) is 12.6. The summed E-state index contributed by atoms with van der Waals surface area (Å²) < 4.78 is 4.62. The Bertz CT molecular complexity index is 686. The number of hydrogen-bond acceptors (Lipinski definition) is 4. The second-order valence-electron chi connectivity index (χ2n) is 4.83. The van der Waals surface area contributed by atoms with Crippen LogP contribution in [-0.4, -0.2) is 25.5 Å². The van der Waals surface area contributed by atoms with E-state index >= 15 is 0 Å². The molecule has 0 aliphatic carbocycles. The topological polar surface area (TPSA) is 67.4 Å². The lowest BCUT2D eigenvalue weighted by Gasteiger charge is -2.08. The van der Waals surface area contributed by atoms with Gasteiger partial charge in [0.25, 0.3) is 0 Å². The number of amides is 1. The Labute approximate surface area is 139 Å². The Morgan fingerprint density at radius 3 is 2.52 bits per heavy atom. The Morgan fingerprint density at radius 2 is 1.87 bits per heavy atom. The van der Waals surface area contributed by atoms with Crippen molar-refractivity contribution in [1.29, 1.82) is 0 Å². The molecule has 0 bridgehead atoms. The third-order valence-electron chi connectivity index (χ3n) is 3.14. The highest BCUT2D eigenvalue weighted by atomic mass is 35.5. The molecule has 2 rings (SSSR count). The van der Waals surface area contributed by atoms with Crippen molar-refractivity contribution in [2.45, 2.75) is 6.54 Å². The fourth-order valence-corrected chi connectivity index (χ4v) is 2.15. The summed E-state index contributed by atoms with van der Waals surface area (Å²) in [4.78, 5) is 23.1. The van der Waals surface area contributed by atoms with Gasteiger partial charge in [-0.1, -0.05) is 23.7 Å². The van der Waals surface area contributed by atoms with Crippen molar-refractivity contribution in [2.24, 2.45) is 0 Å². The second kappa shape index (κ2) is 8.19. The van der Waals surface area contributed by atoms with Gasteiger partial charge in [0.15, 0.2) is 0 Å². The first kappa shape index (κ1) is 16.8. The monoisotopic (exact) mass is 332 g/mol. The molecule has 0 aromatic heterocycles. The molecule has 6 heteroatoms. The van der Waals surface area contributed by atoms with Gasteiger partial charge in [0, 0.05) is 17.3 Å². The summed E-state index contributed by atoms with van der Waals surface area (Å²) >= 11 is 5.89. The number of halogens is 1. The summed E-state index contributed by atoms with van der Waals surface area (Å²) in [6.45, 7) is 0.556. The standard InChI is InChI=1S/C17H17ClN2O3/c1-23-17(22)13-5-7-15(8-6-13)19-11-16(21)20-10-12-3-2-4-14(18)9-12/h2-9,19H,10-11H2,1H3,(H,20,21). The Morgan fingerprint density at radius 1 is 1.13 bits per heavy atom. The Balaban J connectivity index is 1.79. The van der Waals surface area contributed by atoms with Crippen LogP contribution >= 0.6 is 11.6 Å². The quantitative estimate of drug-likeness (QED) is 0.798. The first-order chi connectivity index (χ1) is 11.1. The summed E-state index contributed by atoms with van der Waals surface area (Å²) in [5.74, 6) is -0.530. The first-order valence-electron chi connectivity index (χ1n) is 7.02. The highest BCUT2D eigenvalue weighted by Crippen LogP contribution is 2.11. The van der Waals surface area contributed by atoms with E-state index in [1.807, 2.05) is 12.1 Å². The van der Waals surface area contributed by atoms with Crippen molar-refractivity contribution in [3.8, 4) is 0 Å². The average molecular weight is 333 g/mol. The van der Waals surface area contributed by atoms with Gasteiger partial charge >= 0.3 is 5.97 Å². The minimum atomic E-state index is -0.393. The van der Waals surface area contributed by atoms with Crippen molar-refractivity contribution in [1.82, 2.24) is 5.32 Å². The summed E-state index contributed by atoms with van der Waals surface area (Å²) in [6, 6.07) is 14.0. The van der Waals surface area contributed by atoms with Crippen LogP contribution in [0.4, 0.5) is 5.69 Å². The van der Waals surface area contributed by atoms with E-state index in [1.165, 1.54) is 7.11 Å². The maximum Gasteiger partial charge on any atom is 0.337 e. The molecule has 2 aromatic rings. The molecule has 1 amide bonds. The zero-order chi connectivity index (χ0) is 16.7. The van der Waals surface area contributed by atoms with Gasteiger partial charge in [0.1, 0.15) is 0 Å². The van der Waals surface area contributed by atoms with Crippen molar-refractivity contribution in [3.05, 3.63) is 64.7 Å². The highest BCUT2D eigenvalue weighted by Gasteiger charge is 2.05. The molecule has 0 saturated heterocycles. The number of esters is 1. The fourth-order valence-electron chi connectivity index (χ4n) is 1.93. The number of benzene rings is 2. The lowest BCUT2D eigenvalue weighted by Crippen LogP contribution is -2.29. The molecule has 2 N–H and O–H groups in total. The van der Waals surface area contributed by atoms with E-state index in [1.54, 1.807) is 36.4 Å². The van der Waals surface area contributed by atoms with Crippen molar-refractivity contribution in [3.63, 3.8) is 0 Å². The lowest BCUT2D eigenvalue weighted by molar-refractivity contribution is -0.119. The molecule has 5 nitrogen and oxygen atoms in total. The second-order valence-corrected chi connectivity index (χ2v) is 5.27. The number of rotatable bonds is 6. The van der Waals surface area contributed by atoms with Crippen LogP contribution < -0.4 is 10.6 Å². The van der Waals surface area contributed by atoms with E-state index in [4.69, 9.17) is 11.6 Å². The number of ether oxygens (including phenoxy) is 1. The molecule has 0 heterocycles. The van der Waals surface area contributed by atoms with Crippen LogP contribution in [0.3, 0.4) is 0 Å². The van der Waals surface area contributed by atoms with Gasteiger partial charge in [-0.05, 0) is 42.0 Å². The average Bonchev–Trinajstić information content (AvgIpc) is 2.58. The van der Waals surface area contributed by atoms with Crippen LogP contribution in [0.5, 0.6) is 0 Å². The van der Waals surface area contributed by atoms with Gasteiger partial charge in [-0.2, -0.15) is 0 Å². The van der Waals surface area contributed by atoms with E-state index in [-0.39, 0.29) is 12.5 Å². The number of anilines is 1. The minimum Gasteiger partial charge on any atom is -0.465 e. The summed E-state index contributed by atoms with van der Waals surface area (Å²) in [5, 5.41) is 6.43. The number of carbonyl (C=O) groups excluding carboxylic acids is 2. The molecule has 0 radical (unpaired) electrons. The SMILES string of the molecule is COC(=O)c1ccc(NCC(=O)NCc2cccc(Cl)c2)cc1. The number of carbonyl (C=O) groups is 2. The number of nitrogens with one attached hydrogen (secondary N) is 2. The molecule has 120 valence electrons. The Kier molecular flexibility index (Phi) is 6.00.